The molecule has 0 heterocycles. The summed E-state index contributed by atoms with van der Waals surface area (Å²) in [6.07, 6.45) is 0.0366. The largest absolute Gasteiger partial charge is 0.405 e. The zero-order valence-corrected chi connectivity index (χ0v) is 19.7. The van der Waals surface area contributed by atoms with Gasteiger partial charge < -0.3 is 37.2 Å². The second-order valence-electron chi connectivity index (χ2n) is 7.35. The van der Waals surface area contributed by atoms with Gasteiger partial charge >= 0.3 is 19.4 Å². The van der Waals surface area contributed by atoms with E-state index >= 15 is 0 Å². The summed E-state index contributed by atoms with van der Waals surface area (Å²) in [6, 6.07) is -3.23. The first kappa shape index (κ1) is 30.5. The van der Waals surface area contributed by atoms with Crippen molar-refractivity contribution >= 4 is 31.3 Å². The van der Waals surface area contributed by atoms with Gasteiger partial charge in [-0.1, -0.05) is 13.3 Å². The highest BCUT2D eigenvalue weighted by Gasteiger charge is 2.69. The first-order valence-electron chi connectivity index (χ1n) is 10.1. The van der Waals surface area contributed by atoms with Crippen molar-refractivity contribution in [3.63, 3.8) is 0 Å². The maximum atomic E-state index is 13.5. The number of hydrogen-bond donors (Lipinski definition) is 8. The third kappa shape index (κ3) is 8.10. The van der Waals surface area contributed by atoms with Gasteiger partial charge in [-0.05, 0) is 26.3 Å². The van der Waals surface area contributed by atoms with Crippen LogP contribution in [0.25, 0.3) is 0 Å². The van der Waals surface area contributed by atoms with E-state index in [1.165, 1.54) is 7.05 Å². The lowest BCUT2D eigenvalue weighted by Gasteiger charge is -2.31. The third-order valence-electron chi connectivity index (χ3n) is 4.83. The van der Waals surface area contributed by atoms with E-state index in [1.807, 2.05) is 0 Å². The molecular weight excluding hydrogens is 463 g/mol. The number of nitrogens with two attached hydrogens (primary N) is 2. The Hall–Kier alpha value is -2.49. The van der Waals surface area contributed by atoms with Gasteiger partial charge in [0, 0.05) is 13.5 Å². The molecule has 3 amide bonds. The molecule has 0 fully saturated rings. The lowest BCUT2D eigenvalue weighted by atomic mass is 10.1. The number of imide groups is 1. The highest BCUT2D eigenvalue weighted by molar-refractivity contribution is 7.52. The Balaban J connectivity index is 6.54. The van der Waals surface area contributed by atoms with Crippen LogP contribution in [0.3, 0.4) is 0 Å². The summed E-state index contributed by atoms with van der Waals surface area (Å²) < 4.78 is 9.56. The highest BCUT2D eigenvalue weighted by atomic mass is 31.2. The van der Waals surface area contributed by atoms with E-state index in [-0.39, 0.29) is 38.3 Å². The van der Waals surface area contributed by atoms with E-state index in [1.54, 1.807) is 6.92 Å². The Morgan fingerprint density at radius 2 is 1.82 bits per heavy atom. The fourth-order valence-corrected chi connectivity index (χ4v) is 3.86. The fourth-order valence-electron chi connectivity index (χ4n) is 3.11. The van der Waals surface area contributed by atoms with Crippen LogP contribution in [0.5, 0.6) is 0 Å². The van der Waals surface area contributed by atoms with Crippen molar-refractivity contribution in [2.75, 3.05) is 20.1 Å². The number of hydrogen-bond acceptors (Lipinski definition) is 9. The number of likely N-dealkylation sites (N-methyl/N-ethyl adjacent to an activating group) is 1. The molecule has 0 spiro atoms. The van der Waals surface area contributed by atoms with Crippen molar-refractivity contribution in [2.45, 2.75) is 57.4 Å². The normalized spacial score (nSPS) is 16.1. The number of nitro groups is 1. The first-order chi connectivity index (χ1) is 15.2. The molecule has 1 unspecified atom stereocenters. The molecule has 0 aromatic carbocycles. The van der Waals surface area contributed by atoms with Crippen molar-refractivity contribution in [3.8, 4) is 0 Å². The van der Waals surface area contributed by atoms with E-state index in [0.29, 0.717) is 13.3 Å². The van der Waals surface area contributed by atoms with Crippen molar-refractivity contribution < 1.29 is 38.4 Å². The van der Waals surface area contributed by atoms with E-state index in [4.69, 9.17) is 16.9 Å². The number of carbonyl (C=O) groups is 3. The van der Waals surface area contributed by atoms with Crippen LogP contribution in [-0.4, -0.2) is 81.1 Å². The topological polar surface area (TPSA) is 264 Å². The van der Waals surface area contributed by atoms with Gasteiger partial charge in [-0.15, -0.1) is 0 Å². The maximum absolute atomic E-state index is 13.5. The number of nitrogens with one attached hydrogen (secondary N) is 4. The maximum Gasteiger partial charge on any atom is 0.405 e. The van der Waals surface area contributed by atoms with Crippen molar-refractivity contribution in [2.24, 2.45) is 11.5 Å². The van der Waals surface area contributed by atoms with Gasteiger partial charge in [0.15, 0.2) is 12.0 Å². The number of amides is 3. The van der Waals surface area contributed by atoms with E-state index in [0.717, 1.165) is 0 Å². The van der Waals surface area contributed by atoms with E-state index < -0.39 is 52.8 Å². The number of carbonyl (C=O) groups excluding carboxylic acids is 3. The minimum atomic E-state index is -5.38. The molecular formula is C16H34N8O8P+. The molecule has 0 aliphatic carbocycles. The molecule has 0 aromatic rings. The fraction of sp³-hybridized carbons (Fsp3) is 0.750. The minimum Gasteiger partial charge on any atom is -0.370 e. The Labute approximate surface area is 190 Å². The molecule has 0 aliphatic rings. The molecule has 16 nitrogen and oxygen atoms in total. The zero-order valence-electron chi connectivity index (χ0n) is 18.8. The molecule has 17 heteroatoms. The highest BCUT2D eigenvalue weighted by Crippen LogP contribution is 2.47. The second kappa shape index (κ2) is 13.3. The van der Waals surface area contributed by atoms with Gasteiger partial charge in [0.1, 0.15) is 6.04 Å². The predicted octanol–water partition coefficient (Wildman–Crippen LogP) is -2.33. The Morgan fingerprint density at radius 1 is 1.24 bits per heavy atom. The van der Waals surface area contributed by atoms with Gasteiger partial charge in [0.25, 0.3) is 10.8 Å². The lowest BCUT2D eigenvalue weighted by molar-refractivity contribution is -1.24. The summed E-state index contributed by atoms with van der Waals surface area (Å²) in [5, 5.41) is 25.2. The Kier molecular flexibility index (Phi) is 12.3. The SMILES string of the molecule is CCC[C@H](N)C(=O)[N+](C(=O)[C@H](CCCNC(=N)N)NC(=O)CNC)([C@@H](C)P(=O)(O)O)[N+](=O)[O-]. The van der Waals surface area contributed by atoms with Crippen LogP contribution in [0.2, 0.25) is 0 Å². The number of nitrogens with zero attached hydrogens (tertiary/aromatic N) is 2. The molecule has 0 rings (SSSR count). The molecule has 0 bridgehead atoms. The molecule has 0 aromatic heterocycles. The predicted molar refractivity (Wildman–Crippen MR) is 117 cm³/mol. The van der Waals surface area contributed by atoms with Crippen molar-refractivity contribution in [3.05, 3.63) is 10.1 Å². The molecule has 0 saturated carbocycles. The summed E-state index contributed by atoms with van der Waals surface area (Å²) >= 11 is 0. The summed E-state index contributed by atoms with van der Waals surface area (Å²) in [5.41, 5.74) is 10.9. The summed E-state index contributed by atoms with van der Waals surface area (Å²) in [4.78, 5) is 70.4. The van der Waals surface area contributed by atoms with Crippen LogP contribution in [0.15, 0.2) is 0 Å². The third-order valence-corrected chi connectivity index (χ3v) is 6.14. The van der Waals surface area contributed by atoms with Crippen molar-refractivity contribution in [1.29, 1.82) is 5.41 Å². The molecule has 0 aliphatic heterocycles. The number of quaternary nitrogens is 1. The minimum absolute atomic E-state index is 0.0524. The number of guanidine groups is 1. The van der Waals surface area contributed by atoms with Crippen LogP contribution in [0.4, 0.5) is 0 Å². The van der Waals surface area contributed by atoms with Gasteiger partial charge in [0.05, 0.1) is 11.1 Å². The van der Waals surface area contributed by atoms with Gasteiger partial charge in [-0.25, -0.2) is 19.7 Å². The molecule has 190 valence electrons. The van der Waals surface area contributed by atoms with Crippen LogP contribution < -0.4 is 27.4 Å². The molecule has 0 radical (unpaired) electrons. The standard InChI is InChI=1S/C16H33N8O8P/c1-4-6-11(17)14(26)24(23(28)29,10(2)33(30,31)32)15(27)12(22-13(25)9-20-3)7-5-8-21-16(18)19/h10-12,20H,4-9,17H2,1-3H3,(H6-,18,19,21,22,25,30,31,32)/p+1/t10-,11+,12+,24?/m1/s1. The van der Waals surface area contributed by atoms with Gasteiger partial charge in [0.2, 0.25) is 5.91 Å². The monoisotopic (exact) mass is 497 g/mol. The van der Waals surface area contributed by atoms with Crippen molar-refractivity contribution in [1.82, 2.24) is 16.0 Å². The Bertz CT molecular complexity index is 790. The van der Waals surface area contributed by atoms with Gasteiger partial charge in [-0.3, -0.25) is 14.8 Å². The second-order valence-corrected chi connectivity index (χ2v) is 9.27. The zero-order chi connectivity index (χ0) is 26.0. The molecule has 0 saturated heterocycles. The van der Waals surface area contributed by atoms with Crippen LogP contribution in [-0.2, 0) is 18.9 Å². The van der Waals surface area contributed by atoms with Gasteiger partial charge in [-0.2, -0.15) is 0 Å². The first-order valence-corrected chi connectivity index (χ1v) is 11.8. The van der Waals surface area contributed by atoms with Crippen LogP contribution >= 0.6 is 7.60 Å². The number of rotatable bonds is 14. The van der Waals surface area contributed by atoms with Crippen LogP contribution in [0.1, 0.15) is 39.5 Å². The molecule has 10 N–H and O–H groups in total. The average Bonchev–Trinajstić information content (AvgIpc) is 2.69. The van der Waals surface area contributed by atoms with E-state index in [9.17, 15) is 38.8 Å². The smallest absolute Gasteiger partial charge is 0.370 e. The summed E-state index contributed by atoms with van der Waals surface area (Å²) in [5.74, 6) is -6.57. The lowest BCUT2D eigenvalue weighted by Crippen LogP contribution is -2.72. The van der Waals surface area contributed by atoms with E-state index in [2.05, 4.69) is 16.0 Å². The Morgan fingerprint density at radius 3 is 2.24 bits per heavy atom. The summed E-state index contributed by atoms with van der Waals surface area (Å²) in [6.45, 7) is 2.12. The molecule has 4 atom stereocenters. The average molecular weight is 497 g/mol. The summed E-state index contributed by atoms with van der Waals surface area (Å²) in [7, 11) is -3.94. The quantitative estimate of drug-likeness (QED) is 0.0239. The van der Waals surface area contributed by atoms with Crippen LogP contribution in [0, 0.1) is 15.5 Å². The molecule has 33 heavy (non-hydrogen) atoms.